The number of nitrogens with one attached hydrogen (secondary N) is 1. The Morgan fingerprint density at radius 2 is 2.05 bits per heavy atom. The van der Waals surface area contributed by atoms with Crippen molar-refractivity contribution in [3.8, 4) is 0 Å². The summed E-state index contributed by atoms with van der Waals surface area (Å²) < 4.78 is 5.61. The van der Waals surface area contributed by atoms with Gasteiger partial charge in [-0.1, -0.05) is 29.8 Å². The molecule has 0 fully saturated rings. The maximum absolute atomic E-state index is 11.7. The zero-order chi connectivity index (χ0) is 13.8. The second-order valence-corrected chi connectivity index (χ2v) is 4.91. The van der Waals surface area contributed by atoms with Gasteiger partial charge in [0.2, 0.25) is 0 Å². The highest BCUT2D eigenvalue weighted by molar-refractivity contribution is 9.10. The van der Waals surface area contributed by atoms with Crippen LogP contribution in [-0.4, -0.2) is 11.6 Å². The zero-order valence-corrected chi connectivity index (χ0v) is 12.3. The molecule has 19 heavy (non-hydrogen) atoms. The molecule has 0 atom stereocenters. The zero-order valence-electron chi connectivity index (χ0n) is 9.98. The van der Waals surface area contributed by atoms with Crippen LogP contribution in [0.5, 0.6) is 0 Å². The van der Waals surface area contributed by atoms with Crippen LogP contribution in [0, 0.1) is 0 Å². The lowest BCUT2D eigenvalue weighted by molar-refractivity contribution is 0.0926. The van der Waals surface area contributed by atoms with Crippen molar-refractivity contribution in [3.05, 3.63) is 57.4 Å². The fourth-order valence-corrected chi connectivity index (χ4v) is 2.02. The van der Waals surface area contributed by atoms with Crippen molar-refractivity contribution in [2.75, 3.05) is 0 Å². The van der Waals surface area contributed by atoms with Crippen LogP contribution in [0.2, 0.25) is 5.02 Å². The molecule has 6 heteroatoms. The van der Waals surface area contributed by atoms with Crippen LogP contribution >= 0.6 is 27.5 Å². The van der Waals surface area contributed by atoms with Crippen molar-refractivity contribution >= 4 is 39.1 Å². The van der Waals surface area contributed by atoms with Crippen LogP contribution in [0.3, 0.4) is 0 Å². The number of carbonyl (C=O) groups is 1. The highest BCUT2D eigenvalue weighted by Gasteiger charge is 2.10. The topological polar surface area (TPSA) is 54.6 Å². The van der Waals surface area contributed by atoms with E-state index in [0.717, 1.165) is 5.56 Å². The summed E-state index contributed by atoms with van der Waals surface area (Å²) in [4.78, 5) is 11.7. The first kappa shape index (κ1) is 13.8. The SMILES string of the molecule is C/C(=N\NC(=O)c1ccc(Br)o1)c1ccccc1Cl. The predicted octanol–water partition coefficient (Wildman–Crippen LogP) is 3.85. The number of rotatable bonds is 3. The average Bonchev–Trinajstić information content (AvgIpc) is 2.83. The third kappa shape index (κ3) is 3.45. The standard InChI is InChI=1S/C13H10BrClN2O2/c1-8(9-4-2-3-5-10(9)15)16-17-13(18)11-6-7-12(14)19-11/h2-7H,1H3,(H,17,18)/b16-8+. The van der Waals surface area contributed by atoms with Gasteiger partial charge in [-0.05, 0) is 41.1 Å². The lowest BCUT2D eigenvalue weighted by atomic mass is 10.1. The van der Waals surface area contributed by atoms with Crippen LogP contribution in [0.15, 0.2) is 50.6 Å². The largest absolute Gasteiger partial charge is 0.444 e. The van der Waals surface area contributed by atoms with Gasteiger partial charge >= 0.3 is 5.91 Å². The average molecular weight is 342 g/mol. The summed E-state index contributed by atoms with van der Waals surface area (Å²) in [6.07, 6.45) is 0. The summed E-state index contributed by atoms with van der Waals surface area (Å²) in [5.41, 5.74) is 3.80. The summed E-state index contributed by atoms with van der Waals surface area (Å²) >= 11 is 9.16. The van der Waals surface area contributed by atoms with Crippen molar-refractivity contribution in [1.29, 1.82) is 0 Å². The van der Waals surface area contributed by atoms with Crippen molar-refractivity contribution in [1.82, 2.24) is 5.43 Å². The number of hydrazone groups is 1. The van der Waals surface area contributed by atoms with Crippen LogP contribution < -0.4 is 5.43 Å². The fraction of sp³-hybridized carbons (Fsp3) is 0.0769. The van der Waals surface area contributed by atoms with Gasteiger partial charge in [0.15, 0.2) is 10.4 Å². The van der Waals surface area contributed by atoms with Gasteiger partial charge in [0.25, 0.3) is 0 Å². The Hall–Kier alpha value is -1.59. The predicted molar refractivity (Wildman–Crippen MR) is 77.5 cm³/mol. The molecule has 2 rings (SSSR count). The van der Waals surface area contributed by atoms with Crippen LogP contribution in [-0.2, 0) is 0 Å². The minimum Gasteiger partial charge on any atom is -0.444 e. The monoisotopic (exact) mass is 340 g/mol. The molecule has 2 aromatic rings. The molecular formula is C13H10BrClN2O2. The molecule has 0 aliphatic carbocycles. The molecule has 0 bridgehead atoms. The Labute approximate surface area is 123 Å². The summed E-state index contributed by atoms with van der Waals surface area (Å²) in [5.74, 6) is -0.236. The van der Waals surface area contributed by atoms with E-state index in [1.807, 2.05) is 18.2 Å². The van der Waals surface area contributed by atoms with Crippen LogP contribution in [0.25, 0.3) is 0 Å². The molecule has 0 spiro atoms. The number of nitrogens with zero attached hydrogens (tertiary/aromatic N) is 1. The molecule has 1 amide bonds. The quantitative estimate of drug-likeness (QED) is 0.681. The third-order valence-corrected chi connectivity index (χ3v) is 3.14. The molecule has 0 saturated carbocycles. The van der Waals surface area contributed by atoms with Gasteiger partial charge in [-0.15, -0.1) is 0 Å². The molecular weight excluding hydrogens is 332 g/mol. The highest BCUT2D eigenvalue weighted by Crippen LogP contribution is 2.16. The van der Waals surface area contributed by atoms with Crippen LogP contribution in [0.4, 0.5) is 0 Å². The second kappa shape index (κ2) is 6.04. The maximum atomic E-state index is 11.7. The number of furan rings is 1. The molecule has 0 saturated heterocycles. The Morgan fingerprint density at radius 1 is 1.32 bits per heavy atom. The molecule has 0 aliphatic rings. The van der Waals surface area contributed by atoms with E-state index in [2.05, 4.69) is 26.5 Å². The van der Waals surface area contributed by atoms with Crippen molar-refractivity contribution in [2.24, 2.45) is 5.10 Å². The van der Waals surface area contributed by atoms with E-state index in [9.17, 15) is 4.79 Å². The molecule has 1 N–H and O–H groups in total. The Morgan fingerprint density at radius 3 is 2.68 bits per heavy atom. The van der Waals surface area contributed by atoms with Gasteiger partial charge in [-0.25, -0.2) is 5.43 Å². The summed E-state index contributed by atoms with van der Waals surface area (Å²) in [5, 5.41) is 4.58. The molecule has 1 aromatic heterocycles. The first-order valence-corrected chi connectivity index (χ1v) is 6.60. The smallest absolute Gasteiger partial charge is 0.307 e. The number of hydrogen-bond donors (Lipinski definition) is 1. The van der Waals surface area contributed by atoms with E-state index in [1.54, 1.807) is 25.1 Å². The van der Waals surface area contributed by atoms with E-state index in [0.29, 0.717) is 15.4 Å². The first-order chi connectivity index (χ1) is 9.08. The summed E-state index contributed by atoms with van der Waals surface area (Å²) in [7, 11) is 0. The molecule has 0 unspecified atom stereocenters. The molecule has 0 aliphatic heterocycles. The molecule has 4 nitrogen and oxygen atoms in total. The number of carbonyl (C=O) groups excluding carboxylic acids is 1. The minimum atomic E-state index is -0.419. The lowest BCUT2D eigenvalue weighted by Crippen LogP contribution is -2.18. The third-order valence-electron chi connectivity index (χ3n) is 2.39. The molecule has 0 radical (unpaired) electrons. The van der Waals surface area contributed by atoms with Gasteiger partial charge < -0.3 is 4.42 Å². The Kier molecular flexibility index (Phi) is 4.39. The van der Waals surface area contributed by atoms with E-state index in [4.69, 9.17) is 16.0 Å². The fourth-order valence-electron chi connectivity index (χ4n) is 1.44. The second-order valence-electron chi connectivity index (χ2n) is 3.72. The minimum absolute atomic E-state index is 0.183. The van der Waals surface area contributed by atoms with E-state index < -0.39 is 5.91 Å². The number of amides is 1. The molecule has 1 aromatic carbocycles. The van der Waals surface area contributed by atoms with Gasteiger partial charge in [-0.3, -0.25) is 4.79 Å². The number of benzene rings is 1. The summed E-state index contributed by atoms with van der Waals surface area (Å²) in [6.45, 7) is 1.76. The highest BCUT2D eigenvalue weighted by atomic mass is 79.9. The lowest BCUT2D eigenvalue weighted by Gasteiger charge is -2.03. The first-order valence-electron chi connectivity index (χ1n) is 5.43. The Bertz CT molecular complexity index is 637. The van der Waals surface area contributed by atoms with Gasteiger partial charge in [0.05, 0.1) is 5.71 Å². The molecule has 1 heterocycles. The van der Waals surface area contributed by atoms with Gasteiger partial charge in [-0.2, -0.15) is 5.10 Å². The van der Waals surface area contributed by atoms with Crippen LogP contribution in [0.1, 0.15) is 23.0 Å². The normalized spacial score (nSPS) is 11.4. The number of halogens is 2. The number of hydrogen-bond acceptors (Lipinski definition) is 3. The Balaban J connectivity index is 2.11. The van der Waals surface area contributed by atoms with Crippen molar-refractivity contribution in [3.63, 3.8) is 0 Å². The summed E-state index contributed by atoms with van der Waals surface area (Å²) in [6, 6.07) is 10.5. The van der Waals surface area contributed by atoms with E-state index >= 15 is 0 Å². The van der Waals surface area contributed by atoms with Crippen molar-refractivity contribution in [2.45, 2.75) is 6.92 Å². The van der Waals surface area contributed by atoms with E-state index in [1.165, 1.54) is 0 Å². The van der Waals surface area contributed by atoms with Crippen molar-refractivity contribution < 1.29 is 9.21 Å². The maximum Gasteiger partial charge on any atom is 0.307 e. The molecule has 98 valence electrons. The van der Waals surface area contributed by atoms with Gasteiger partial charge in [0.1, 0.15) is 0 Å². The van der Waals surface area contributed by atoms with E-state index in [-0.39, 0.29) is 5.76 Å². The van der Waals surface area contributed by atoms with Gasteiger partial charge in [0, 0.05) is 10.6 Å².